The van der Waals surface area contributed by atoms with Crippen LogP contribution in [0.3, 0.4) is 0 Å². The molecular weight excluding hydrogens is 224 g/mol. The van der Waals surface area contributed by atoms with Gasteiger partial charge >= 0.3 is 0 Å². The molecular formula is C12H25ClN2O. The van der Waals surface area contributed by atoms with E-state index in [2.05, 4.69) is 33.0 Å². The van der Waals surface area contributed by atoms with E-state index in [4.69, 9.17) is 0 Å². The molecule has 0 aromatic rings. The predicted molar refractivity (Wildman–Crippen MR) is 70.0 cm³/mol. The molecule has 2 unspecified atom stereocenters. The van der Waals surface area contributed by atoms with Crippen LogP contribution < -0.4 is 5.32 Å². The Labute approximate surface area is 105 Å². The van der Waals surface area contributed by atoms with Crippen LogP contribution in [0.1, 0.15) is 40.5 Å². The molecule has 1 rings (SSSR count). The Morgan fingerprint density at radius 3 is 2.50 bits per heavy atom. The average molecular weight is 249 g/mol. The van der Waals surface area contributed by atoms with Gasteiger partial charge in [-0.3, -0.25) is 4.79 Å². The van der Waals surface area contributed by atoms with Crippen molar-refractivity contribution in [3.63, 3.8) is 0 Å². The van der Waals surface area contributed by atoms with Gasteiger partial charge in [0.25, 0.3) is 0 Å². The number of amides is 1. The van der Waals surface area contributed by atoms with Crippen molar-refractivity contribution in [3.05, 3.63) is 0 Å². The third-order valence-corrected chi connectivity index (χ3v) is 3.35. The van der Waals surface area contributed by atoms with Gasteiger partial charge in [0.1, 0.15) is 0 Å². The Morgan fingerprint density at radius 1 is 1.44 bits per heavy atom. The van der Waals surface area contributed by atoms with Crippen molar-refractivity contribution in [1.82, 2.24) is 10.2 Å². The van der Waals surface area contributed by atoms with Crippen molar-refractivity contribution in [2.75, 3.05) is 13.1 Å². The van der Waals surface area contributed by atoms with E-state index in [0.29, 0.717) is 18.0 Å². The monoisotopic (exact) mass is 248 g/mol. The van der Waals surface area contributed by atoms with Gasteiger partial charge in [-0.2, -0.15) is 0 Å². The van der Waals surface area contributed by atoms with Crippen LogP contribution in [0.5, 0.6) is 0 Å². The zero-order valence-electron chi connectivity index (χ0n) is 10.8. The number of rotatable bonds is 4. The highest BCUT2D eigenvalue weighted by Gasteiger charge is 2.34. The summed E-state index contributed by atoms with van der Waals surface area (Å²) in [6.07, 6.45) is 2.05. The molecule has 1 heterocycles. The molecule has 0 radical (unpaired) electrons. The van der Waals surface area contributed by atoms with E-state index < -0.39 is 0 Å². The number of carbonyl (C=O) groups excluding carboxylic acids is 1. The first-order valence-electron chi connectivity index (χ1n) is 6.15. The van der Waals surface area contributed by atoms with Gasteiger partial charge in [-0.05, 0) is 40.2 Å². The molecule has 1 aliphatic rings. The summed E-state index contributed by atoms with van der Waals surface area (Å²) >= 11 is 0. The van der Waals surface area contributed by atoms with Crippen molar-refractivity contribution in [2.45, 2.75) is 52.6 Å². The van der Waals surface area contributed by atoms with Crippen LogP contribution in [0.25, 0.3) is 0 Å². The van der Waals surface area contributed by atoms with E-state index in [0.717, 1.165) is 25.9 Å². The van der Waals surface area contributed by atoms with Crippen molar-refractivity contribution >= 4 is 18.3 Å². The van der Waals surface area contributed by atoms with Crippen LogP contribution in [-0.2, 0) is 4.79 Å². The van der Waals surface area contributed by atoms with Crippen molar-refractivity contribution in [2.24, 2.45) is 5.92 Å². The molecule has 16 heavy (non-hydrogen) atoms. The van der Waals surface area contributed by atoms with Gasteiger partial charge in [0.15, 0.2) is 0 Å². The highest BCUT2D eigenvalue weighted by atomic mass is 35.5. The third-order valence-electron chi connectivity index (χ3n) is 3.35. The second-order valence-corrected chi connectivity index (χ2v) is 4.58. The Bertz CT molecular complexity index is 221. The smallest absolute Gasteiger partial charge is 0.227 e. The summed E-state index contributed by atoms with van der Waals surface area (Å²) in [6.45, 7) is 10.2. The first kappa shape index (κ1) is 15.7. The fourth-order valence-corrected chi connectivity index (χ4v) is 2.48. The topological polar surface area (TPSA) is 32.3 Å². The van der Waals surface area contributed by atoms with Gasteiger partial charge in [0.2, 0.25) is 5.91 Å². The summed E-state index contributed by atoms with van der Waals surface area (Å²) in [7, 11) is 0. The van der Waals surface area contributed by atoms with E-state index in [1.165, 1.54) is 0 Å². The lowest BCUT2D eigenvalue weighted by Gasteiger charge is -2.30. The maximum Gasteiger partial charge on any atom is 0.227 e. The summed E-state index contributed by atoms with van der Waals surface area (Å²) in [5.41, 5.74) is 0. The summed E-state index contributed by atoms with van der Waals surface area (Å²) in [4.78, 5) is 14.3. The minimum absolute atomic E-state index is 0. The lowest BCUT2D eigenvalue weighted by molar-refractivity contribution is -0.137. The summed E-state index contributed by atoms with van der Waals surface area (Å²) in [6, 6.07) is 0.714. The van der Waals surface area contributed by atoms with E-state index in [9.17, 15) is 4.79 Å². The molecule has 2 atom stereocenters. The maximum absolute atomic E-state index is 12.3. The van der Waals surface area contributed by atoms with E-state index >= 15 is 0 Å². The molecule has 3 nitrogen and oxygen atoms in total. The molecule has 4 heteroatoms. The number of carbonyl (C=O) groups is 1. The van der Waals surface area contributed by atoms with E-state index in [-0.39, 0.29) is 18.3 Å². The van der Waals surface area contributed by atoms with Gasteiger partial charge < -0.3 is 10.2 Å². The second-order valence-electron chi connectivity index (χ2n) is 4.58. The predicted octanol–water partition coefficient (Wildman–Crippen LogP) is 2.05. The van der Waals surface area contributed by atoms with Crippen LogP contribution >= 0.6 is 12.4 Å². The van der Waals surface area contributed by atoms with Gasteiger partial charge in [-0.1, -0.05) is 6.92 Å². The SMILES string of the molecule is CCC1NCCC1C(=O)N(CC)C(C)C.Cl. The zero-order chi connectivity index (χ0) is 11.4. The van der Waals surface area contributed by atoms with Crippen molar-refractivity contribution < 1.29 is 4.79 Å². The number of nitrogens with zero attached hydrogens (tertiary/aromatic N) is 1. The number of hydrogen-bond acceptors (Lipinski definition) is 2. The Hall–Kier alpha value is -0.280. The van der Waals surface area contributed by atoms with Gasteiger partial charge in [-0.15, -0.1) is 12.4 Å². The number of nitrogens with one attached hydrogen (secondary N) is 1. The average Bonchev–Trinajstić information content (AvgIpc) is 2.65. The fourth-order valence-electron chi connectivity index (χ4n) is 2.48. The first-order chi connectivity index (χ1) is 7.11. The second kappa shape index (κ2) is 7.13. The largest absolute Gasteiger partial charge is 0.340 e. The van der Waals surface area contributed by atoms with Crippen molar-refractivity contribution in [3.8, 4) is 0 Å². The standard InChI is InChI=1S/C12H24N2O.ClH/c1-5-11-10(7-8-13-11)12(15)14(6-2)9(3)4;/h9-11,13H,5-8H2,1-4H3;1H. The minimum Gasteiger partial charge on any atom is -0.340 e. The van der Waals surface area contributed by atoms with Crippen LogP contribution in [0.2, 0.25) is 0 Å². The normalized spacial score (nSPS) is 24.3. The van der Waals surface area contributed by atoms with Gasteiger partial charge in [0, 0.05) is 18.6 Å². The molecule has 0 aliphatic carbocycles. The molecule has 1 aliphatic heterocycles. The molecule has 0 spiro atoms. The highest BCUT2D eigenvalue weighted by Crippen LogP contribution is 2.21. The molecule has 0 bridgehead atoms. The Morgan fingerprint density at radius 2 is 2.06 bits per heavy atom. The third kappa shape index (κ3) is 3.36. The van der Waals surface area contributed by atoms with E-state index in [1.807, 2.05) is 4.90 Å². The minimum atomic E-state index is 0. The van der Waals surface area contributed by atoms with Crippen LogP contribution in [0.15, 0.2) is 0 Å². The van der Waals surface area contributed by atoms with Crippen LogP contribution in [-0.4, -0.2) is 36.0 Å². The highest BCUT2D eigenvalue weighted by molar-refractivity contribution is 5.85. The number of hydrogen-bond donors (Lipinski definition) is 1. The zero-order valence-corrected chi connectivity index (χ0v) is 11.6. The number of halogens is 1. The maximum atomic E-state index is 12.3. The quantitative estimate of drug-likeness (QED) is 0.826. The molecule has 96 valence electrons. The Kier molecular flexibility index (Phi) is 7.00. The molecule has 1 saturated heterocycles. The van der Waals surface area contributed by atoms with E-state index in [1.54, 1.807) is 0 Å². The van der Waals surface area contributed by atoms with Gasteiger partial charge in [-0.25, -0.2) is 0 Å². The lowest BCUT2D eigenvalue weighted by Crippen LogP contribution is -2.44. The van der Waals surface area contributed by atoms with Crippen LogP contribution in [0, 0.1) is 5.92 Å². The lowest BCUT2D eigenvalue weighted by atomic mass is 9.96. The summed E-state index contributed by atoms with van der Waals surface area (Å²) in [5, 5.41) is 3.41. The summed E-state index contributed by atoms with van der Waals surface area (Å²) in [5.74, 6) is 0.543. The van der Waals surface area contributed by atoms with Crippen LogP contribution in [0.4, 0.5) is 0 Å². The molecule has 1 fully saturated rings. The molecule has 1 N–H and O–H groups in total. The molecule has 0 aromatic carbocycles. The molecule has 1 amide bonds. The molecule has 0 aromatic heterocycles. The van der Waals surface area contributed by atoms with Crippen molar-refractivity contribution in [1.29, 1.82) is 0 Å². The first-order valence-corrected chi connectivity index (χ1v) is 6.15. The van der Waals surface area contributed by atoms with Gasteiger partial charge in [0.05, 0.1) is 5.92 Å². The fraction of sp³-hybridized carbons (Fsp3) is 0.917. The Balaban J connectivity index is 0.00000225. The summed E-state index contributed by atoms with van der Waals surface area (Å²) < 4.78 is 0. The molecule has 0 saturated carbocycles.